The number of oxazole rings is 1. The monoisotopic (exact) mass is 312 g/mol. The van der Waals surface area contributed by atoms with E-state index in [0.717, 1.165) is 19.5 Å². The number of ether oxygens (including phenoxy) is 1. The minimum absolute atomic E-state index is 0.251. The largest absolute Gasteiger partial charge is 0.479 e. The Hall–Kier alpha value is -1.23. The number of hydrogen-bond acceptors (Lipinski definition) is 4. The van der Waals surface area contributed by atoms with Gasteiger partial charge in [-0.2, -0.15) is 0 Å². The third kappa shape index (κ3) is 2.92. The van der Waals surface area contributed by atoms with Crippen molar-refractivity contribution in [1.29, 1.82) is 0 Å². The topological polar surface area (TPSA) is 47.3 Å². The summed E-state index contributed by atoms with van der Waals surface area (Å²) in [6, 6.07) is 5.18. The minimum atomic E-state index is -0.251. The van der Waals surface area contributed by atoms with Crippen molar-refractivity contribution in [1.82, 2.24) is 10.3 Å². The summed E-state index contributed by atoms with van der Waals surface area (Å²) in [6.07, 6.45) is 3.94. The Kier molecular flexibility index (Phi) is 4.15. The van der Waals surface area contributed by atoms with Crippen LogP contribution >= 0.6 is 23.2 Å². The molecule has 2 heterocycles. The van der Waals surface area contributed by atoms with Gasteiger partial charge in [-0.1, -0.05) is 23.2 Å². The van der Waals surface area contributed by atoms with Gasteiger partial charge in [0.1, 0.15) is 12.0 Å². The Morgan fingerprint density at radius 1 is 1.40 bits per heavy atom. The van der Waals surface area contributed by atoms with E-state index in [2.05, 4.69) is 10.3 Å². The number of halogens is 2. The zero-order valence-corrected chi connectivity index (χ0v) is 12.2. The van der Waals surface area contributed by atoms with E-state index >= 15 is 0 Å². The lowest BCUT2D eigenvalue weighted by atomic mass is 10.0. The van der Waals surface area contributed by atoms with Crippen LogP contribution in [0.4, 0.5) is 0 Å². The number of nitrogens with zero attached hydrogens (tertiary/aromatic N) is 1. The predicted molar refractivity (Wildman–Crippen MR) is 77.3 cm³/mol. The van der Waals surface area contributed by atoms with E-state index in [1.54, 1.807) is 30.7 Å². The second-order valence-corrected chi connectivity index (χ2v) is 5.58. The highest BCUT2D eigenvalue weighted by atomic mass is 35.5. The molecule has 0 aliphatic carbocycles. The molecule has 1 fully saturated rings. The van der Waals surface area contributed by atoms with Crippen LogP contribution in [-0.2, 0) is 0 Å². The summed E-state index contributed by atoms with van der Waals surface area (Å²) in [5, 5.41) is 4.39. The van der Waals surface area contributed by atoms with Gasteiger partial charge >= 0.3 is 0 Å². The lowest BCUT2D eigenvalue weighted by molar-refractivity contribution is 0.114. The standard InChI is InChI=1S/C14H14Cl2N2O2/c15-10-1-2-12(11(16)7-10)20-13(9-3-4-17-8-9)14-18-5-6-19-14/h1-2,5-7,9,13,17H,3-4,8H2/t9-,13+/m0/s1. The average molecular weight is 313 g/mol. The molecule has 20 heavy (non-hydrogen) atoms. The average Bonchev–Trinajstić information content (AvgIpc) is 3.11. The Morgan fingerprint density at radius 2 is 2.30 bits per heavy atom. The summed E-state index contributed by atoms with van der Waals surface area (Å²) in [6.45, 7) is 1.85. The summed E-state index contributed by atoms with van der Waals surface area (Å²) < 4.78 is 11.5. The molecule has 1 aliphatic heterocycles. The molecule has 4 nitrogen and oxygen atoms in total. The summed E-state index contributed by atoms with van der Waals surface area (Å²) >= 11 is 12.1. The maximum absolute atomic E-state index is 6.17. The SMILES string of the molecule is Clc1ccc(O[C@@H](c2ncco2)[C@H]2CCNC2)c(Cl)c1. The van der Waals surface area contributed by atoms with Gasteiger partial charge in [0.25, 0.3) is 0 Å². The molecule has 1 N–H and O–H groups in total. The zero-order valence-electron chi connectivity index (χ0n) is 10.7. The first-order valence-electron chi connectivity index (χ1n) is 6.46. The van der Waals surface area contributed by atoms with Crippen molar-refractivity contribution in [3.05, 3.63) is 46.6 Å². The van der Waals surface area contributed by atoms with Crippen LogP contribution in [0.1, 0.15) is 18.4 Å². The van der Waals surface area contributed by atoms with E-state index in [-0.39, 0.29) is 6.10 Å². The second kappa shape index (κ2) is 6.04. The number of benzene rings is 1. The predicted octanol–water partition coefficient (Wildman–Crippen LogP) is 3.71. The van der Waals surface area contributed by atoms with Crippen molar-refractivity contribution in [2.45, 2.75) is 12.5 Å². The van der Waals surface area contributed by atoms with Crippen LogP contribution in [0, 0.1) is 5.92 Å². The quantitative estimate of drug-likeness (QED) is 0.935. The van der Waals surface area contributed by atoms with Crippen molar-refractivity contribution >= 4 is 23.2 Å². The van der Waals surface area contributed by atoms with Gasteiger partial charge in [0.2, 0.25) is 5.89 Å². The van der Waals surface area contributed by atoms with Crippen molar-refractivity contribution in [3.63, 3.8) is 0 Å². The highest BCUT2D eigenvalue weighted by Gasteiger charge is 2.31. The maximum Gasteiger partial charge on any atom is 0.235 e. The maximum atomic E-state index is 6.17. The molecule has 0 saturated carbocycles. The van der Waals surface area contributed by atoms with Gasteiger partial charge in [-0.3, -0.25) is 0 Å². The number of nitrogens with one attached hydrogen (secondary N) is 1. The van der Waals surface area contributed by atoms with Crippen LogP contribution in [-0.4, -0.2) is 18.1 Å². The first kappa shape index (κ1) is 13.7. The van der Waals surface area contributed by atoms with Crippen LogP contribution < -0.4 is 10.1 Å². The second-order valence-electron chi connectivity index (χ2n) is 4.74. The number of hydrogen-bond donors (Lipinski definition) is 1. The molecule has 0 spiro atoms. The molecule has 1 aromatic heterocycles. The lowest BCUT2D eigenvalue weighted by Gasteiger charge is -2.22. The molecule has 0 bridgehead atoms. The molecular formula is C14H14Cl2N2O2. The molecule has 3 rings (SSSR count). The molecule has 1 saturated heterocycles. The molecule has 2 atom stereocenters. The minimum Gasteiger partial charge on any atom is -0.479 e. The summed E-state index contributed by atoms with van der Waals surface area (Å²) in [5.74, 6) is 1.47. The van der Waals surface area contributed by atoms with Crippen LogP contribution in [0.3, 0.4) is 0 Å². The molecule has 1 aliphatic rings. The van der Waals surface area contributed by atoms with Gasteiger partial charge in [-0.05, 0) is 31.2 Å². The van der Waals surface area contributed by atoms with E-state index in [1.165, 1.54) is 0 Å². The van der Waals surface area contributed by atoms with E-state index < -0.39 is 0 Å². The zero-order chi connectivity index (χ0) is 13.9. The van der Waals surface area contributed by atoms with Gasteiger partial charge in [0.15, 0.2) is 6.10 Å². The van der Waals surface area contributed by atoms with E-state index in [1.807, 2.05) is 0 Å². The van der Waals surface area contributed by atoms with Crippen molar-refractivity contribution in [3.8, 4) is 5.75 Å². The van der Waals surface area contributed by atoms with Crippen molar-refractivity contribution in [2.24, 2.45) is 5.92 Å². The van der Waals surface area contributed by atoms with Crippen LogP contribution in [0.15, 0.2) is 35.1 Å². The Morgan fingerprint density at radius 3 is 2.95 bits per heavy atom. The summed E-state index contributed by atoms with van der Waals surface area (Å²) in [5.41, 5.74) is 0. The van der Waals surface area contributed by atoms with E-state index in [0.29, 0.717) is 27.6 Å². The fourth-order valence-corrected chi connectivity index (χ4v) is 2.82. The van der Waals surface area contributed by atoms with Crippen LogP contribution in [0.5, 0.6) is 5.75 Å². The fourth-order valence-electron chi connectivity index (χ4n) is 2.37. The van der Waals surface area contributed by atoms with E-state index in [9.17, 15) is 0 Å². The first-order chi connectivity index (χ1) is 9.74. The Bertz CT molecular complexity index is 569. The van der Waals surface area contributed by atoms with Crippen molar-refractivity contribution in [2.75, 3.05) is 13.1 Å². The number of rotatable bonds is 4. The highest BCUT2D eigenvalue weighted by molar-refractivity contribution is 6.35. The number of aromatic nitrogens is 1. The molecule has 6 heteroatoms. The smallest absolute Gasteiger partial charge is 0.235 e. The van der Waals surface area contributed by atoms with Gasteiger partial charge in [0, 0.05) is 17.5 Å². The lowest BCUT2D eigenvalue weighted by Crippen LogP contribution is -2.21. The normalized spacial score (nSPS) is 20.0. The van der Waals surface area contributed by atoms with Gasteiger partial charge in [-0.25, -0.2) is 4.98 Å². The fraction of sp³-hybridized carbons (Fsp3) is 0.357. The molecule has 0 amide bonds. The summed E-state index contributed by atoms with van der Waals surface area (Å²) in [7, 11) is 0. The third-order valence-electron chi connectivity index (χ3n) is 3.37. The molecule has 1 aromatic carbocycles. The van der Waals surface area contributed by atoms with Crippen molar-refractivity contribution < 1.29 is 9.15 Å². The van der Waals surface area contributed by atoms with Gasteiger partial charge in [0.05, 0.1) is 11.2 Å². The molecule has 0 unspecified atom stereocenters. The van der Waals surface area contributed by atoms with E-state index in [4.69, 9.17) is 32.4 Å². The van der Waals surface area contributed by atoms with Gasteiger partial charge < -0.3 is 14.5 Å². The molecule has 2 aromatic rings. The third-order valence-corrected chi connectivity index (χ3v) is 3.90. The first-order valence-corrected chi connectivity index (χ1v) is 7.21. The Balaban J connectivity index is 1.86. The van der Waals surface area contributed by atoms with Gasteiger partial charge in [-0.15, -0.1) is 0 Å². The summed E-state index contributed by atoms with van der Waals surface area (Å²) in [4.78, 5) is 4.22. The molecular weight excluding hydrogens is 299 g/mol. The molecule has 106 valence electrons. The van der Waals surface area contributed by atoms with Crippen LogP contribution in [0.25, 0.3) is 0 Å². The van der Waals surface area contributed by atoms with Crippen LogP contribution in [0.2, 0.25) is 10.0 Å². The molecule has 0 radical (unpaired) electrons. The highest BCUT2D eigenvalue weighted by Crippen LogP contribution is 2.35. The Labute approximate surface area is 127 Å².